The van der Waals surface area contributed by atoms with Gasteiger partial charge in [-0.05, 0) is 11.5 Å². The van der Waals surface area contributed by atoms with Crippen molar-refractivity contribution in [1.82, 2.24) is 0 Å². The van der Waals surface area contributed by atoms with Crippen molar-refractivity contribution in [2.45, 2.75) is 0 Å². The molecule has 0 atom stereocenters. The van der Waals surface area contributed by atoms with Crippen molar-refractivity contribution >= 4 is 22.7 Å². The first-order valence-electron chi connectivity index (χ1n) is 3.93. The van der Waals surface area contributed by atoms with Crippen LogP contribution in [0.4, 0.5) is 0 Å². The second-order valence-corrected chi connectivity index (χ2v) is 4.24. The molecule has 2 aromatic heterocycles. The van der Waals surface area contributed by atoms with Crippen molar-refractivity contribution in [1.29, 1.82) is 0 Å². The third kappa shape index (κ3) is 3.11. The molecule has 0 aliphatic rings. The molecule has 0 saturated heterocycles. The minimum atomic E-state index is 0. The Kier molecular flexibility index (Phi) is 7.60. The maximum absolute atomic E-state index is 5.20. The molecule has 0 aromatic carbocycles. The van der Waals surface area contributed by atoms with E-state index in [1.807, 2.05) is 10.8 Å². The van der Waals surface area contributed by atoms with Crippen LogP contribution in [0.1, 0.15) is 0 Å². The molecule has 2 nitrogen and oxygen atoms in total. The quantitative estimate of drug-likeness (QED) is 0.422. The summed E-state index contributed by atoms with van der Waals surface area (Å²) in [7, 11) is 3.29. The maximum atomic E-state index is 5.20. The molecule has 2 rings (SSSR count). The molecule has 16 heavy (non-hydrogen) atoms. The average molecular weight is 238 g/mol. The minimum absolute atomic E-state index is 0. The molecule has 0 aliphatic carbocycles. The van der Waals surface area contributed by atoms with Gasteiger partial charge in [-0.3, -0.25) is 22.7 Å². The minimum Gasteiger partial charge on any atom is -0.535 e. The number of rotatable bonds is 3. The molecule has 0 aliphatic heterocycles. The molecule has 74 valence electrons. The van der Waals surface area contributed by atoms with Crippen LogP contribution in [-0.2, 0) is 0 Å². The van der Waals surface area contributed by atoms with Crippen molar-refractivity contribution in [3.8, 4) is 21.3 Å². The van der Waals surface area contributed by atoms with E-state index < -0.39 is 0 Å². The van der Waals surface area contributed by atoms with Gasteiger partial charge in [0, 0.05) is 0 Å². The maximum Gasteiger partial charge on any atom is 1.00 e. The first kappa shape index (κ1) is 16.2. The van der Waals surface area contributed by atoms with Crippen LogP contribution >= 0.6 is 22.7 Å². The zero-order valence-corrected chi connectivity index (χ0v) is 11.4. The van der Waals surface area contributed by atoms with E-state index in [9.17, 15) is 0 Å². The van der Waals surface area contributed by atoms with Gasteiger partial charge in [0.2, 0.25) is 0 Å². The zero-order valence-electron chi connectivity index (χ0n) is 9.79. The summed E-state index contributed by atoms with van der Waals surface area (Å²) in [6.45, 7) is 0. The van der Waals surface area contributed by atoms with Crippen LogP contribution in [0.5, 0.6) is 11.5 Å². The first-order valence-corrected chi connectivity index (χ1v) is 5.69. The predicted molar refractivity (Wildman–Crippen MR) is 58.4 cm³/mol. The van der Waals surface area contributed by atoms with E-state index in [0.717, 1.165) is 21.3 Å². The van der Waals surface area contributed by atoms with Crippen LogP contribution in [0.3, 0.4) is 0 Å². The zero-order chi connectivity index (χ0) is 9.97. The Morgan fingerprint density at radius 3 is 1.56 bits per heavy atom. The van der Waals surface area contributed by atoms with Crippen LogP contribution in [0.25, 0.3) is 9.75 Å². The molecule has 0 fully saturated rings. The molecular weight excluding hydrogens is 230 g/mol. The van der Waals surface area contributed by atoms with E-state index in [1.54, 1.807) is 36.9 Å². The summed E-state index contributed by atoms with van der Waals surface area (Å²) in [6.07, 6.45) is 0. The van der Waals surface area contributed by atoms with Crippen LogP contribution in [0.2, 0.25) is 0 Å². The third-order valence-electron chi connectivity index (χ3n) is 1.76. The standard InChI is InChI=1S/C10H8O2S2.2Li/c1-11-7-3-5-13-9(7)10-8(12-2)4-6-14-10;;/h5-6H,1-2H3;;/q-2;2*+1. The summed E-state index contributed by atoms with van der Waals surface area (Å²) < 4.78 is 10.4. The summed E-state index contributed by atoms with van der Waals surface area (Å²) in [5.41, 5.74) is 0. The Morgan fingerprint density at radius 1 is 0.875 bits per heavy atom. The molecule has 0 bridgehead atoms. The Hall–Kier alpha value is 0.195. The number of hydrogen-bond donors (Lipinski definition) is 0. The fourth-order valence-electron chi connectivity index (χ4n) is 1.14. The van der Waals surface area contributed by atoms with Crippen LogP contribution in [0.15, 0.2) is 10.8 Å². The van der Waals surface area contributed by atoms with Crippen LogP contribution in [-0.4, -0.2) is 14.2 Å². The molecule has 0 spiro atoms. The van der Waals surface area contributed by atoms with E-state index in [-0.39, 0.29) is 37.7 Å². The predicted octanol–water partition coefficient (Wildman–Crippen LogP) is -2.90. The second-order valence-electron chi connectivity index (χ2n) is 2.48. The van der Waals surface area contributed by atoms with Crippen molar-refractivity contribution < 1.29 is 47.2 Å². The summed E-state index contributed by atoms with van der Waals surface area (Å²) in [6, 6.07) is 6.06. The van der Waals surface area contributed by atoms with Gasteiger partial charge in [0.15, 0.2) is 0 Å². The van der Waals surface area contributed by atoms with Gasteiger partial charge >= 0.3 is 37.7 Å². The number of methoxy groups -OCH3 is 2. The summed E-state index contributed by atoms with van der Waals surface area (Å²) in [5, 5.41) is 3.76. The van der Waals surface area contributed by atoms with Crippen molar-refractivity contribution in [2.24, 2.45) is 0 Å². The monoisotopic (exact) mass is 238 g/mol. The molecule has 2 aromatic rings. The normalized spacial score (nSPS) is 8.88. The number of hydrogen-bond acceptors (Lipinski definition) is 4. The van der Waals surface area contributed by atoms with Gasteiger partial charge in [-0.2, -0.15) is 12.1 Å². The topological polar surface area (TPSA) is 18.5 Å². The largest absolute Gasteiger partial charge is 1.00 e. The van der Waals surface area contributed by atoms with Gasteiger partial charge < -0.3 is 9.47 Å². The average Bonchev–Trinajstić information content (AvgIpc) is 2.85. The van der Waals surface area contributed by atoms with Crippen molar-refractivity contribution in [3.05, 3.63) is 22.9 Å². The van der Waals surface area contributed by atoms with Crippen molar-refractivity contribution in [3.63, 3.8) is 0 Å². The SMILES string of the molecule is COc1[c-]csc1-c1sc[c-]c1OC.[Li+].[Li+]. The second kappa shape index (κ2) is 7.51. The molecule has 0 saturated carbocycles. The van der Waals surface area contributed by atoms with Gasteiger partial charge in [-0.1, -0.05) is 0 Å². The number of ether oxygens (including phenoxy) is 2. The van der Waals surface area contributed by atoms with E-state index in [0.29, 0.717) is 0 Å². The molecule has 0 radical (unpaired) electrons. The Labute approximate surface area is 127 Å². The molecule has 6 heteroatoms. The van der Waals surface area contributed by atoms with Gasteiger partial charge in [0.05, 0.1) is 14.2 Å². The molecule has 2 heterocycles. The smallest absolute Gasteiger partial charge is 0.535 e. The van der Waals surface area contributed by atoms with E-state index in [4.69, 9.17) is 9.47 Å². The summed E-state index contributed by atoms with van der Waals surface area (Å²) in [5.74, 6) is 1.54. The third-order valence-corrected chi connectivity index (χ3v) is 3.61. The van der Waals surface area contributed by atoms with Gasteiger partial charge in [-0.25, -0.2) is 0 Å². The van der Waals surface area contributed by atoms with E-state index in [1.165, 1.54) is 0 Å². The fraction of sp³-hybridized carbons (Fsp3) is 0.200. The van der Waals surface area contributed by atoms with E-state index in [2.05, 4.69) is 12.1 Å². The summed E-state index contributed by atoms with van der Waals surface area (Å²) in [4.78, 5) is 2.10. The number of thiophene rings is 2. The Morgan fingerprint density at radius 2 is 1.25 bits per heavy atom. The molecule has 0 unspecified atom stereocenters. The molecule has 0 N–H and O–H groups in total. The fourth-order valence-corrected chi connectivity index (χ4v) is 2.89. The van der Waals surface area contributed by atoms with Gasteiger partial charge in [0.1, 0.15) is 0 Å². The summed E-state index contributed by atoms with van der Waals surface area (Å²) >= 11 is 3.18. The molecule has 0 amide bonds. The molecular formula is C10H8Li2O2S2. The Bertz CT molecular complexity index is 386. The van der Waals surface area contributed by atoms with Gasteiger partial charge in [0.25, 0.3) is 0 Å². The first-order chi connectivity index (χ1) is 6.86. The van der Waals surface area contributed by atoms with Crippen LogP contribution < -0.4 is 47.2 Å². The Balaban J connectivity index is 0.00000112. The van der Waals surface area contributed by atoms with Crippen LogP contribution in [0, 0.1) is 12.1 Å². The van der Waals surface area contributed by atoms with Gasteiger partial charge in [-0.15, -0.1) is 20.5 Å². The van der Waals surface area contributed by atoms with E-state index >= 15 is 0 Å². The van der Waals surface area contributed by atoms with Crippen molar-refractivity contribution in [2.75, 3.05) is 14.2 Å².